The molecule has 0 aromatic carbocycles. The second-order valence-electron chi connectivity index (χ2n) is 8.21. The van der Waals surface area contributed by atoms with Gasteiger partial charge < -0.3 is 47.8 Å². The van der Waals surface area contributed by atoms with Crippen LogP contribution in [-0.4, -0.2) is 92.7 Å². The minimum atomic E-state index is -1.52. The van der Waals surface area contributed by atoms with Gasteiger partial charge in [-0.05, 0) is 45.1 Å². The summed E-state index contributed by atoms with van der Waals surface area (Å²) in [7, 11) is 0. The minimum absolute atomic E-state index is 0.0311. The van der Waals surface area contributed by atoms with Gasteiger partial charge in [0.1, 0.15) is 18.1 Å². The quantitative estimate of drug-likeness (QED) is 0.0737. The number of hydrogen-bond acceptors (Lipinski definition) is 9. The molecule has 37 heavy (non-hydrogen) atoms. The Morgan fingerprint density at radius 1 is 0.568 bits per heavy atom. The van der Waals surface area contributed by atoms with E-state index in [9.17, 15) is 38.7 Å². The van der Waals surface area contributed by atoms with Gasteiger partial charge in [-0.3, -0.25) is 28.8 Å². The van der Waals surface area contributed by atoms with E-state index in [1.54, 1.807) is 0 Å². The molecule has 0 radical (unpaired) electrons. The van der Waals surface area contributed by atoms with Gasteiger partial charge in [-0.1, -0.05) is 0 Å². The van der Waals surface area contributed by atoms with Crippen molar-refractivity contribution in [3.8, 4) is 0 Å². The SMILES string of the molecule is NCCCC[C@H](NC(=O)[C@H](CCC(=O)O)NC(=O)[C@H](CCC(=O)O)NC(=O)[C@@H](N)CCC(=O)O)C(=O)O. The topological polar surface area (TPSA) is 289 Å². The van der Waals surface area contributed by atoms with E-state index in [2.05, 4.69) is 16.0 Å². The molecular weight excluding hydrogens is 498 g/mol. The van der Waals surface area contributed by atoms with Crippen LogP contribution in [0, 0.1) is 0 Å². The lowest BCUT2D eigenvalue weighted by Crippen LogP contribution is -2.57. The van der Waals surface area contributed by atoms with Crippen LogP contribution in [0.25, 0.3) is 0 Å². The number of hydrogen-bond donors (Lipinski definition) is 9. The maximum Gasteiger partial charge on any atom is 0.326 e. The molecule has 0 unspecified atom stereocenters. The highest BCUT2D eigenvalue weighted by atomic mass is 16.4. The molecule has 3 amide bonds. The number of nitrogens with one attached hydrogen (secondary N) is 3. The summed E-state index contributed by atoms with van der Waals surface area (Å²) >= 11 is 0. The predicted molar refractivity (Wildman–Crippen MR) is 125 cm³/mol. The standard InChI is InChI=1S/C21H35N5O11/c22-10-2-1-3-14(21(36)37)26-20(35)13(6-9-17(31)32)25-19(34)12(5-8-16(29)30)24-18(33)11(23)4-7-15(27)28/h11-14H,1-10,22-23H2,(H,24,33)(H,25,34)(H,26,35)(H,27,28)(H,29,30)(H,31,32)(H,36,37)/t11-,12-,13-,14-/m0/s1. The van der Waals surface area contributed by atoms with Gasteiger partial charge in [-0.25, -0.2) is 4.79 Å². The Morgan fingerprint density at radius 2 is 0.973 bits per heavy atom. The third kappa shape index (κ3) is 15.0. The van der Waals surface area contributed by atoms with Crippen LogP contribution in [-0.2, 0) is 33.6 Å². The van der Waals surface area contributed by atoms with Crippen molar-refractivity contribution in [3.63, 3.8) is 0 Å². The molecule has 0 aromatic rings. The Kier molecular flexibility index (Phi) is 15.8. The number of nitrogens with two attached hydrogens (primary N) is 2. The fourth-order valence-electron chi connectivity index (χ4n) is 3.06. The maximum absolute atomic E-state index is 12.9. The van der Waals surface area contributed by atoms with Gasteiger partial charge in [-0.2, -0.15) is 0 Å². The number of unbranched alkanes of at least 4 members (excludes halogenated alkanes) is 1. The van der Waals surface area contributed by atoms with Crippen molar-refractivity contribution in [1.82, 2.24) is 16.0 Å². The lowest BCUT2D eigenvalue weighted by atomic mass is 10.0. The van der Waals surface area contributed by atoms with Crippen molar-refractivity contribution in [3.05, 3.63) is 0 Å². The zero-order chi connectivity index (χ0) is 28.5. The highest BCUT2D eigenvalue weighted by molar-refractivity contribution is 5.94. The molecule has 0 heterocycles. The molecular formula is C21H35N5O11. The second-order valence-corrected chi connectivity index (χ2v) is 8.21. The normalized spacial score (nSPS) is 13.9. The van der Waals surface area contributed by atoms with E-state index in [0.717, 1.165) is 0 Å². The number of rotatable bonds is 20. The number of carbonyl (C=O) groups excluding carboxylic acids is 3. The molecule has 0 fully saturated rings. The average molecular weight is 534 g/mol. The van der Waals surface area contributed by atoms with Crippen LogP contribution in [0.2, 0.25) is 0 Å². The molecule has 11 N–H and O–H groups in total. The molecule has 16 nitrogen and oxygen atoms in total. The van der Waals surface area contributed by atoms with E-state index < -0.39 is 97.9 Å². The van der Waals surface area contributed by atoms with Crippen molar-refractivity contribution in [1.29, 1.82) is 0 Å². The van der Waals surface area contributed by atoms with E-state index >= 15 is 0 Å². The second kappa shape index (κ2) is 17.6. The van der Waals surface area contributed by atoms with Crippen LogP contribution in [0.3, 0.4) is 0 Å². The van der Waals surface area contributed by atoms with Crippen LogP contribution in [0.5, 0.6) is 0 Å². The number of aliphatic carboxylic acids is 4. The van der Waals surface area contributed by atoms with E-state index in [-0.39, 0.29) is 12.8 Å². The third-order valence-electron chi connectivity index (χ3n) is 5.13. The monoisotopic (exact) mass is 533 g/mol. The number of carboxylic acid groups (broad SMARTS) is 4. The Morgan fingerprint density at radius 3 is 1.38 bits per heavy atom. The van der Waals surface area contributed by atoms with Gasteiger partial charge in [0.2, 0.25) is 17.7 Å². The molecule has 4 atom stereocenters. The molecule has 16 heteroatoms. The largest absolute Gasteiger partial charge is 0.481 e. The summed E-state index contributed by atoms with van der Waals surface area (Å²) < 4.78 is 0. The molecule has 0 aliphatic carbocycles. The summed E-state index contributed by atoms with van der Waals surface area (Å²) in [6, 6.07) is -5.70. The van der Waals surface area contributed by atoms with Gasteiger partial charge in [0.25, 0.3) is 0 Å². The van der Waals surface area contributed by atoms with Gasteiger partial charge >= 0.3 is 23.9 Å². The number of carbonyl (C=O) groups is 7. The van der Waals surface area contributed by atoms with Crippen molar-refractivity contribution >= 4 is 41.6 Å². The van der Waals surface area contributed by atoms with Crippen LogP contribution in [0.4, 0.5) is 0 Å². The molecule has 0 bridgehead atoms. The fourth-order valence-corrected chi connectivity index (χ4v) is 3.06. The maximum atomic E-state index is 12.9. The average Bonchev–Trinajstić information content (AvgIpc) is 2.81. The van der Waals surface area contributed by atoms with Crippen LogP contribution < -0.4 is 27.4 Å². The molecule has 210 valence electrons. The van der Waals surface area contributed by atoms with Gasteiger partial charge in [-0.15, -0.1) is 0 Å². The third-order valence-corrected chi connectivity index (χ3v) is 5.13. The smallest absolute Gasteiger partial charge is 0.326 e. The molecule has 0 saturated heterocycles. The first-order valence-corrected chi connectivity index (χ1v) is 11.5. The first kappa shape index (κ1) is 33.2. The van der Waals surface area contributed by atoms with Gasteiger partial charge in [0.05, 0.1) is 6.04 Å². The van der Waals surface area contributed by atoms with E-state index in [1.807, 2.05) is 0 Å². The molecule has 0 rings (SSSR count). The summed E-state index contributed by atoms with van der Waals surface area (Å²) in [4.78, 5) is 82.1. The van der Waals surface area contributed by atoms with Gasteiger partial charge in [0, 0.05) is 19.3 Å². The highest BCUT2D eigenvalue weighted by Gasteiger charge is 2.31. The fraction of sp³-hybridized carbons (Fsp3) is 0.667. The highest BCUT2D eigenvalue weighted by Crippen LogP contribution is 2.07. The van der Waals surface area contributed by atoms with E-state index in [1.165, 1.54) is 0 Å². The molecule has 0 aliphatic heterocycles. The Balaban J connectivity index is 5.59. The van der Waals surface area contributed by atoms with Gasteiger partial charge in [0.15, 0.2) is 0 Å². The Labute approximate surface area is 212 Å². The van der Waals surface area contributed by atoms with Crippen molar-refractivity contribution in [2.45, 2.75) is 82.0 Å². The summed E-state index contributed by atoms with van der Waals surface area (Å²) in [5, 5.41) is 42.7. The minimum Gasteiger partial charge on any atom is -0.481 e. The summed E-state index contributed by atoms with van der Waals surface area (Å²) in [5.41, 5.74) is 11.0. The zero-order valence-corrected chi connectivity index (χ0v) is 20.2. The molecule has 0 aromatic heterocycles. The number of amides is 3. The Bertz CT molecular complexity index is 836. The Hall–Kier alpha value is -3.79. The van der Waals surface area contributed by atoms with Crippen molar-refractivity contribution in [2.75, 3.05) is 6.54 Å². The van der Waals surface area contributed by atoms with E-state index in [4.69, 9.17) is 26.8 Å². The first-order valence-electron chi connectivity index (χ1n) is 11.5. The summed E-state index contributed by atoms with van der Waals surface area (Å²) in [6.45, 7) is 0.307. The lowest BCUT2D eigenvalue weighted by Gasteiger charge is -2.25. The number of carboxylic acids is 4. The molecule has 0 saturated carbocycles. The molecule has 0 spiro atoms. The van der Waals surface area contributed by atoms with Crippen molar-refractivity contribution < 1.29 is 54.0 Å². The summed E-state index contributed by atoms with van der Waals surface area (Å²) in [6.07, 6.45) is -1.80. The molecule has 0 aliphatic rings. The van der Waals surface area contributed by atoms with Crippen LogP contribution >= 0.6 is 0 Å². The van der Waals surface area contributed by atoms with Crippen molar-refractivity contribution in [2.24, 2.45) is 11.5 Å². The van der Waals surface area contributed by atoms with Crippen LogP contribution in [0.15, 0.2) is 0 Å². The summed E-state index contributed by atoms with van der Waals surface area (Å²) in [5.74, 6) is -8.14. The predicted octanol–water partition coefficient (Wildman–Crippen LogP) is -2.42. The first-order chi connectivity index (χ1) is 17.3. The lowest BCUT2D eigenvalue weighted by molar-refractivity contribution is -0.143. The zero-order valence-electron chi connectivity index (χ0n) is 20.2. The van der Waals surface area contributed by atoms with E-state index in [0.29, 0.717) is 19.4 Å². The van der Waals surface area contributed by atoms with Crippen LogP contribution in [0.1, 0.15) is 57.8 Å².